The van der Waals surface area contributed by atoms with Crippen molar-refractivity contribution in [2.24, 2.45) is 7.05 Å². The lowest BCUT2D eigenvalue weighted by Crippen LogP contribution is -2.48. The van der Waals surface area contributed by atoms with Crippen LogP contribution in [0.1, 0.15) is 0 Å². The number of aromatic nitrogens is 3. The average Bonchev–Trinajstić information content (AvgIpc) is 3.00. The molecule has 2 aromatic rings. The van der Waals surface area contributed by atoms with Gasteiger partial charge in [-0.05, 0) is 24.4 Å². The minimum atomic E-state index is -3.84. The van der Waals surface area contributed by atoms with E-state index in [1.54, 1.807) is 15.6 Å². The molecule has 152 valence electrons. The van der Waals surface area contributed by atoms with Crippen molar-refractivity contribution < 1.29 is 18.1 Å². The Morgan fingerprint density at radius 3 is 2.50 bits per heavy atom. The lowest BCUT2D eigenvalue weighted by molar-refractivity contribution is -0.386. The Kier molecular flexibility index (Phi) is 5.79. The van der Waals surface area contributed by atoms with Gasteiger partial charge in [0.05, 0.1) is 23.6 Å². The van der Waals surface area contributed by atoms with E-state index in [-0.39, 0.29) is 29.4 Å². The Bertz CT molecular complexity index is 1040. The number of hydrogen-bond donors (Lipinski definition) is 0. The second-order valence-electron chi connectivity index (χ2n) is 6.28. The number of nitro benzene ring substituents is 1. The Morgan fingerprint density at radius 2 is 1.96 bits per heavy atom. The van der Waals surface area contributed by atoms with E-state index in [4.69, 9.17) is 17.0 Å². The van der Waals surface area contributed by atoms with Crippen molar-refractivity contribution in [3.05, 3.63) is 39.4 Å². The first-order valence-corrected chi connectivity index (χ1v) is 10.2. The van der Waals surface area contributed by atoms with Gasteiger partial charge in [-0.25, -0.2) is 13.1 Å². The number of rotatable bonds is 6. The molecule has 1 aliphatic heterocycles. The number of nitrogens with zero attached hydrogens (tertiary/aromatic N) is 6. The van der Waals surface area contributed by atoms with Gasteiger partial charge in [-0.1, -0.05) is 0 Å². The molecule has 1 aliphatic rings. The zero-order valence-corrected chi connectivity index (χ0v) is 17.0. The first-order valence-electron chi connectivity index (χ1n) is 8.37. The summed E-state index contributed by atoms with van der Waals surface area (Å²) in [6, 6.07) is 3.65. The van der Waals surface area contributed by atoms with Gasteiger partial charge in [-0.15, -0.1) is 0 Å². The standard InChI is InChI=1S/C15H20N6O5S2/c1-17-10-16-20(15(17)27)11-18-5-7-19(8-6-18)28(24,25)12-3-4-14(26-2)13(9-12)21(22)23/h3-4,9-10H,5-8,11H2,1-2H3. The molecule has 3 rings (SSSR count). The SMILES string of the molecule is COc1ccc(S(=O)(=O)N2CCN(Cn3ncn(C)c3=S)CC2)cc1[N+](=O)[O-]. The monoisotopic (exact) mass is 428 g/mol. The molecule has 0 amide bonds. The molecule has 0 N–H and O–H groups in total. The molecule has 1 aromatic carbocycles. The maximum Gasteiger partial charge on any atom is 0.312 e. The molecule has 0 atom stereocenters. The van der Waals surface area contributed by atoms with Crippen molar-refractivity contribution in [1.82, 2.24) is 23.6 Å². The third-order valence-corrected chi connectivity index (χ3v) is 6.93. The zero-order valence-electron chi connectivity index (χ0n) is 15.4. The lowest BCUT2D eigenvalue weighted by atomic mass is 10.3. The molecule has 11 nitrogen and oxygen atoms in total. The summed E-state index contributed by atoms with van der Waals surface area (Å²) >= 11 is 5.26. The molecule has 0 aliphatic carbocycles. The minimum Gasteiger partial charge on any atom is -0.490 e. The van der Waals surface area contributed by atoms with Crippen LogP contribution in [0.25, 0.3) is 0 Å². The van der Waals surface area contributed by atoms with Crippen LogP contribution in [0.2, 0.25) is 0 Å². The topological polar surface area (TPSA) is 116 Å². The smallest absolute Gasteiger partial charge is 0.312 e. The van der Waals surface area contributed by atoms with Gasteiger partial charge in [0.25, 0.3) is 0 Å². The number of piperazine rings is 1. The normalized spacial score (nSPS) is 16.2. The largest absolute Gasteiger partial charge is 0.490 e. The first-order chi connectivity index (χ1) is 13.2. The highest BCUT2D eigenvalue weighted by molar-refractivity contribution is 7.89. The Balaban J connectivity index is 1.72. The van der Waals surface area contributed by atoms with Crippen molar-refractivity contribution in [3.63, 3.8) is 0 Å². The van der Waals surface area contributed by atoms with E-state index in [0.717, 1.165) is 6.07 Å². The fourth-order valence-corrected chi connectivity index (χ4v) is 4.54. The van der Waals surface area contributed by atoms with Gasteiger partial charge in [0.1, 0.15) is 6.33 Å². The molecule has 1 saturated heterocycles. The van der Waals surface area contributed by atoms with Gasteiger partial charge in [0, 0.05) is 39.3 Å². The van der Waals surface area contributed by atoms with Crippen molar-refractivity contribution in [3.8, 4) is 5.75 Å². The second-order valence-corrected chi connectivity index (χ2v) is 8.58. The van der Waals surface area contributed by atoms with Crippen LogP contribution < -0.4 is 4.74 Å². The van der Waals surface area contributed by atoms with Crippen LogP contribution in [-0.2, 0) is 23.7 Å². The zero-order chi connectivity index (χ0) is 20.5. The van der Waals surface area contributed by atoms with Crippen molar-refractivity contribution in [1.29, 1.82) is 0 Å². The van der Waals surface area contributed by atoms with Crippen LogP contribution >= 0.6 is 12.2 Å². The highest BCUT2D eigenvalue weighted by atomic mass is 32.2. The van der Waals surface area contributed by atoms with Gasteiger partial charge in [0.2, 0.25) is 10.0 Å². The number of nitro groups is 1. The number of sulfonamides is 1. The summed E-state index contributed by atoms with van der Waals surface area (Å²) in [5.41, 5.74) is -0.383. The van der Waals surface area contributed by atoms with Crippen LogP contribution in [0, 0.1) is 14.9 Å². The third kappa shape index (κ3) is 3.92. The van der Waals surface area contributed by atoms with Crippen LogP contribution in [0.4, 0.5) is 5.69 Å². The van der Waals surface area contributed by atoms with Crippen molar-refractivity contribution in [2.75, 3.05) is 33.3 Å². The predicted molar refractivity (Wildman–Crippen MR) is 102 cm³/mol. The molecule has 1 fully saturated rings. The Morgan fingerprint density at radius 1 is 1.29 bits per heavy atom. The van der Waals surface area contributed by atoms with E-state index in [2.05, 4.69) is 5.10 Å². The first kappa shape index (κ1) is 20.4. The summed E-state index contributed by atoms with van der Waals surface area (Å²) in [4.78, 5) is 12.4. The molecule has 0 unspecified atom stereocenters. The number of ether oxygens (including phenoxy) is 1. The van der Waals surface area contributed by atoms with Crippen LogP contribution in [-0.4, -0.2) is 70.2 Å². The maximum atomic E-state index is 12.9. The summed E-state index contributed by atoms with van der Waals surface area (Å²) < 4.78 is 36.0. The van der Waals surface area contributed by atoms with Crippen molar-refractivity contribution in [2.45, 2.75) is 11.6 Å². The molecular formula is C15H20N6O5S2. The molecule has 0 saturated carbocycles. The molecule has 2 heterocycles. The fourth-order valence-electron chi connectivity index (χ4n) is 2.94. The van der Waals surface area contributed by atoms with E-state index >= 15 is 0 Å². The minimum absolute atomic E-state index is 0.0147. The summed E-state index contributed by atoms with van der Waals surface area (Å²) in [5, 5.41) is 15.4. The van der Waals surface area contributed by atoms with Gasteiger partial charge in [-0.2, -0.15) is 9.40 Å². The average molecular weight is 428 g/mol. The summed E-state index contributed by atoms with van der Waals surface area (Å²) in [5.74, 6) is 0.0147. The van der Waals surface area contributed by atoms with Crippen LogP contribution in [0.5, 0.6) is 5.75 Å². The molecule has 13 heteroatoms. The second kappa shape index (κ2) is 7.95. The lowest BCUT2D eigenvalue weighted by Gasteiger charge is -2.33. The number of benzene rings is 1. The Hall–Kier alpha value is -2.35. The molecule has 0 bridgehead atoms. The van der Waals surface area contributed by atoms with Crippen LogP contribution in [0.15, 0.2) is 29.4 Å². The quantitative estimate of drug-likeness (QED) is 0.377. The third-order valence-electron chi connectivity index (χ3n) is 4.54. The number of methoxy groups -OCH3 is 1. The molecule has 0 spiro atoms. The highest BCUT2D eigenvalue weighted by Crippen LogP contribution is 2.30. The summed E-state index contributed by atoms with van der Waals surface area (Å²) in [7, 11) is -0.739. The fraction of sp³-hybridized carbons (Fsp3) is 0.467. The number of aryl methyl sites for hydroxylation is 1. The highest BCUT2D eigenvalue weighted by Gasteiger charge is 2.30. The Labute approximate surface area is 166 Å². The summed E-state index contributed by atoms with van der Waals surface area (Å²) in [6.45, 7) is 2.00. The van der Waals surface area contributed by atoms with Gasteiger partial charge >= 0.3 is 5.69 Å². The van der Waals surface area contributed by atoms with Gasteiger partial charge in [-0.3, -0.25) is 15.0 Å². The number of hydrogen-bond acceptors (Lipinski definition) is 8. The van der Waals surface area contributed by atoms with E-state index in [0.29, 0.717) is 24.5 Å². The van der Waals surface area contributed by atoms with Crippen LogP contribution in [0.3, 0.4) is 0 Å². The molecule has 28 heavy (non-hydrogen) atoms. The van der Waals surface area contributed by atoms with Crippen molar-refractivity contribution >= 4 is 27.9 Å². The van der Waals surface area contributed by atoms with E-state index in [1.807, 2.05) is 11.9 Å². The van der Waals surface area contributed by atoms with Gasteiger partial charge < -0.3 is 9.30 Å². The van der Waals surface area contributed by atoms with Gasteiger partial charge in [0.15, 0.2) is 10.5 Å². The predicted octanol–water partition coefficient (Wildman–Crippen LogP) is 0.832. The van der Waals surface area contributed by atoms with E-state index in [1.165, 1.54) is 23.5 Å². The molecular weight excluding hydrogens is 408 g/mol. The molecule has 1 aromatic heterocycles. The van der Waals surface area contributed by atoms with E-state index in [9.17, 15) is 18.5 Å². The maximum absolute atomic E-state index is 12.9. The molecule has 0 radical (unpaired) electrons. The summed E-state index contributed by atoms with van der Waals surface area (Å²) in [6.07, 6.45) is 1.62. The van der Waals surface area contributed by atoms with E-state index < -0.39 is 14.9 Å².